The molecule has 0 aromatic carbocycles. The smallest absolute Gasteiger partial charge is 0.00791 e. The third-order valence-corrected chi connectivity index (χ3v) is 2.59. The second-order valence-electron chi connectivity index (χ2n) is 2.32. The summed E-state index contributed by atoms with van der Waals surface area (Å²) in [7, 11) is 0. The van der Waals surface area contributed by atoms with E-state index in [1.165, 1.54) is 17.9 Å². The van der Waals surface area contributed by atoms with Crippen LogP contribution in [0.3, 0.4) is 0 Å². The Hall–Kier alpha value is 0.310. The number of hydrogen-bond donors (Lipinski definition) is 1. The first-order valence-corrected chi connectivity index (χ1v) is 4.33. The average molecular weight is 131 g/mol. The van der Waals surface area contributed by atoms with Gasteiger partial charge in [0.2, 0.25) is 0 Å². The Kier molecular flexibility index (Phi) is 2.20. The highest BCUT2D eigenvalue weighted by Gasteiger charge is 2.32. The summed E-state index contributed by atoms with van der Waals surface area (Å²) in [6.45, 7) is 2.19. The van der Waals surface area contributed by atoms with Crippen LogP contribution in [-0.4, -0.2) is 17.5 Å². The summed E-state index contributed by atoms with van der Waals surface area (Å²) in [4.78, 5) is 0. The third-order valence-electron chi connectivity index (χ3n) is 1.51. The SMILES string of the molecule is CCSCC1CC1N. The molecule has 0 heterocycles. The predicted molar refractivity (Wildman–Crippen MR) is 39.1 cm³/mol. The van der Waals surface area contributed by atoms with Crippen LogP contribution in [0.4, 0.5) is 0 Å². The van der Waals surface area contributed by atoms with Gasteiger partial charge in [-0.25, -0.2) is 0 Å². The fourth-order valence-electron chi connectivity index (χ4n) is 0.732. The van der Waals surface area contributed by atoms with Gasteiger partial charge in [-0.3, -0.25) is 0 Å². The molecule has 1 rings (SSSR count). The molecule has 0 aromatic heterocycles. The van der Waals surface area contributed by atoms with E-state index in [-0.39, 0.29) is 0 Å². The van der Waals surface area contributed by atoms with Gasteiger partial charge in [-0.2, -0.15) is 11.8 Å². The van der Waals surface area contributed by atoms with Gasteiger partial charge in [0.05, 0.1) is 0 Å². The molecule has 0 bridgehead atoms. The Bertz CT molecular complexity index is 74.9. The Balaban J connectivity index is 1.89. The summed E-state index contributed by atoms with van der Waals surface area (Å²) in [5, 5.41) is 0. The third kappa shape index (κ3) is 1.67. The molecule has 1 nitrogen and oxygen atoms in total. The van der Waals surface area contributed by atoms with Crippen LogP contribution >= 0.6 is 11.8 Å². The van der Waals surface area contributed by atoms with E-state index in [1.807, 2.05) is 11.8 Å². The molecule has 0 amide bonds. The van der Waals surface area contributed by atoms with Crippen LogP contribution in [0.2, 0.25) is 0 Å². The molecule has 8 heavy (non-hydrogen) atoms. The Morgan fingerprint density at radius 2 is 2.38 bits per heavy atom. The van der Waals surface area contributed by atoms with Crippen LogP contribution in [0.1, 0.15) is 13.3 Å². The molecule has 0 radical (unpaired) electrons. The van der Waals surface area contributed by atoms with Gasteiger partial charge in [0.15, 0.2) is 0 Å². The van der Waals surface area contributed by atoms with Crippen LogP contribution in [0.5, 0.6) is 0 Å². The van der Waals surface area contributed by atoms with E-state index in [0.717, 1.165) is 5.92 Å². The van der Waals surface area contributed by atoms with Crippen LogP contribution in [0.25, 0.3) is 0 Å². The van der Waals surface area contributed by atoms with Crippen molar-refractivity contribution in [3.8, 4) is 0 Å². The van der Waals surface area contributed by atoms with E-state index in [2.05, 4.69) is 6.92 Å². The predicted octanol–water partition coefficient (Wildman–Crippen LogP) is 1.09. The summed E-state index contributed by atoms with van der Waals surface area (Å²) in [5.41, 5.74) is 5.59. The monoisotopic (exact) mass is 131 g/mol. The van der Waals surface area contributed by atoms with E-state index in [1.54, 1.807) is 0 Å². The topological polar surface area (TPSA) is 26.0 Å². The first-order valence-electron chi connectivity index (χ1n) is 3.18. The van der Waals surface area contributed by atoms with Crippen LogP contribution in [0.15, 0.2) is 0 Å². The lowest BCUT2D eigenvalue weighted by Gasteiger charge is -1.91. The normalized spacial score (nSPS) is 35.2. The van der Waals surface area contributed by atoms with Crippen molar-refractivity contribution in [1.82, 2.24) is 0 Å². The highest BCUT2D eigenvalue weighted by atomic mass is 32.2. The van der Waals surface area contributed by atoms with Gasteiger partial charge in [-0.15, -0.1) is 0 Å². The van der Waals surface area contributed by atoms with Gasteiger partial charge >= 0.3 is 0 Å². The van der Waals surface area contributed by atoms with Crippen molar-refractivity contribution < 1.29 is 0 Å². The Morgan fingerprint density at radius 3 is 2.75 bits per heavy atom. The van der Waals surface area contributed by atoms with E-state index in [0.29, 0.717) is 6.04 Å². The van der Waals surface area contributed by atoms with Crippen molar-refractivity contribution in [2.24, 2.45) is 11.7 Å². The summed E-state index contributed by atoms with van der Waals surface area (Å²) >= 11 is 2.00. The van der Waals surface area contributed by atoms with E-state index in [4.69, 9.17) is 5.73 Å². The van der Waals surface area contributed by atoms with Crippen molar-refractivity contribution in [1.29, 1.82) is 0 Å². The molecule has 48 valence electrons. The van der Waals surface area contributed by atoms with Crippen molar-refractivity contribution in [2.45, 2.75) is 19.4 Å². The molecule has 2 atom stereocenters. The molecular weight excluding hydrogens is 118 g/mol. The van der Waals surface area contributed by atoms with Crippen LogP contribution < -0.4 is 5.73 Å². The highest BCUT2D eigenvalue weighted by Crippen LogP contribution is 2.30. The number of rotatable bonds is 3. The highest BCUT2D eigenvalue weighted by molar-refractivity contribution is 7.99. The molecule has 2 N–H and O–H groups in total. The summed E-state index contributed by atoms with van der Waals surface area (Å²) < 4.78 is 0. The minimum Gasteiger partial charge on any atom is -0.327 e. The van der Waals surface area contributed by atoms with E-state index in [9.17, 15) is 0 Å². The fourth-order valence-corrected chi connectivity index (χ4v) is 1.65. The van der Waals surface area contributed by atoms with Gasteiger partial charge in [-0.1, -0.05) is 6.92 Å². The van der Waals surface area contributed by atoms with Gasteiger partial charge < -0.3 is 5.73 Å². The first-order chi connectivity index (χ1) is 3.84. The molecule has 0 saturated heterocycles. The fraction of sp³-hybridized carbons (Fsp3) is 1.00. The van der Waals surface area contributed by atoms with Gasteiger partial charge in [0.1, 0.15) is 0 Å². The second kappa shape index (κ2) is 2.74. The maximum atomic E-state index is 5.59. The largest absolute Gasteiger partial charge is 0.327 e. The number of nitrogens with two attached hydrogens (primary N) is 1. The lowest BCUT2D eigenvalue weighted by Crippen LogP contribution is -2.02. The van der Waals surface area contributed by atoms with Crippen molar-refractivity contribution in [3.63, 3.8) is 0 Å². The lowest BCUT2D eigenvalue weighted by atomic mass is 10.5. The van der Waals surface area contributed by atoms with Gasteiger partial charge in [0, 0.05) is 6.04 Å². The molecular formula is C6H13NS. The molecule has 1 saturated carbocycles. The molecule has 1 aliphatic rings. The lowest BCUT2D eigenvalue weighted by molar-refractivity contribution is 0.907. The maximum Gasteiger partial charge on any atom is 0.00791 e. The zero-order chi connectivity index (χ0) is 5.98. The Labute approximate surface area is 55.0 Å². The molecule has 2 unspecified atom stereocenters. The zero-order valence-corrected chi connectivity index (χ0v) is 6.08. The van der Waals surface area contributed by atoms with E-state index < -0.39 is 0 Å². The summed E-state index contributed by atoms with van der Waals surface area (Å²) in [5.74, 6) is 3.39. The minimum absolute atomic E-state index is 0.550. The van der Waals surface area contributed by atoms with Crippen LogP contribution in [-0.2, 0) is 0 Å². The molecule has 0 spiro atoms. The molecule has 0 aromatic rings. The Morgan fingerprint density at radius 1 is 1.75 bits per heavy atom. The molecule has 1 aliphatic carbocycles. The zero-order valence-electron chi connectivity index (χ0n) is 5.26. The van der Waals surface area contributed by atoms with Gasteiger partial charge in [0.25, 0.3) is 0 Å². The first kappa shape index (κ1) is 6.43. The molecule has 0 aliphatic heterocycles. The molecule has 2 heteroatoms. The molecule has 1 fully saturated rings. The maximum absolute atomic E-state index is 5.59. The number of thioether (sulfide) groups is 1. The average Bonchev–Trinajstić information content (AvgIpc) is 2.42. The minimum atomic E-state index is 0.550. The second-order valence-corrected chi connectivity index (χ2v) is 3.64. The summed E-state index contributed by atoms with van der Waals surface area (Å²) in [6, 6.07) is 0.550. The number of hydrogen-bond acceptors (Lipinski definition) is 2. The van der Waals surface area contributed by atoms with Crippen molar-refractivity contribution >= 4 is 11.8 Å². The summed E-state index contributed by atoms with van der Waals surface area (Å²) in [6.07, 6.45) is 1.27. The van der Waals surface area contributed by atoms with Crippen molar-refractivity contribution in [3.05, 3.63) is 0 Å². The van der Waals surface area contributed by atoms with E-state index >= 15 is 0 Å². The van der Waals surface area contributed by atoms with Gasteiger partial charge in [-0.05, 0) is 23.8 Å². The van der Waals surface area contributed by atoms with Crippen LogP contribution in [0, 0.1) is 5.92 Å². The standard InChI is InChI=1S/C6H13NS/c1-2-8-4-5-3-6(5)7/h5-6H,2-4,7H2,1H3. The van der Waals surface area contributed by atoms with Crippen molar-refractivity contribution in [2.75, 3.05) is 11.5 Å². The quantitative estimate of drug-likeness (QED) is 0.620.